The van der Waals surface area contributed by atoms with Crippen molar-refractivity contribution in [2.24, 2.45) is 0 Å². The summed E-state index contributed by atoms with van der Waals surface area (Å²) in [6.07, 6.45) is -1.84. The molecule has 2 rings (SSSR count). The Balaban J connectivity index is 2.53. The van der Waals surface area contributed by atoms with Crippen molar-refractivity contribution in [3.05, 3.63) is 70.7 Å². The summed E-state index contributed by atoms with van der Waals surface area (Å²) in [5.41, 5.74) is -2.65. The molecule has 0 saturated heterocycles. The first-order valence-electron chi connectivity index (χ1n) is 10.4. The van der Waals surface area contributed by atoms with Gasteiger partial charge in [-0.2, -0.15) is 0 Å². The third-order valence-corrected chi connectivity index (χ3v) is 4.77. The lowest BCUT2D eigenvalue weighted by atomic mass is 10.1. The zero-order chi connectivity index (χ0) is 25.6. The number of halogens is 2. The molecule has 0 radical (unpaired) electrons. The highest BCUT2D eigenvalue weighted by Crippen LogP contribution is 2.24. The number of esters is 1. The number of ether oxygens (including phenoxy) is 2. The molecule has 8 nitrogen and oxygen atoms in total. The van der Waals surface area contributed by atoms with E-state index in [1.54, 1.807) is 65.0 Å². The van der Waals surface area contributed by atoms with Gasteiger partial charge >= 0.3 is 12.1 Å². The molecular weight excluding hydrogens is 483 g/mol. The highest BCUT2D eigenvalue weighted by molar-refractivity contribution is 6.30. The molecule has 1 unspecified atom stereocenters. The summed E-state index contributed by atoms with van der Waals surface area (Å²) in [4.78, 5) is 52.3. The molecule has 0 fully saturated rings. The van der Waals surface area contributed by atoms with E-state index in [1.807, 2.05) is 0 Å². The molecule has 0 aliphatic heterocycles. The maximum absolute atomic E-state index is 13.5. The lowest BCUT2D eigenvalue weighted by molar-refractivity contribution is -0.154. The minimum Gasteiger partial charge on any atom is -0.459 e. The minimum atomic E-state index is -1.84. The van der Waals surface area contributed by atoms with Gasteiger partial charge in [-0.05, 0) is 71.0 Å². The molecule has 0 N–H and O–H groups in total. The van der Waals surface area contributed by atoms with Crippen LogP contribution < -0.4 is 0 Å². The summed E-state index contributed by atoms with van der Waals surface area (Å²) in [6.45, 7) is 8.09. The molecule has 2 aromatic carbocycles. The van der Waals surface area contributed by atoms with E-state index in [4.69, 9.17) is 32.7 Å². The van der Waals surface area contributed by atoms with Gasteiger partial charge in [0.05, 0.1) is 11.6 Å². The molecule has 34 heavy (non-hydrogen) atoms. The summed E-state index contributed by atoms with van der Waals surface area (Å²) < 4.78 is 9.99. The molecule has 0 spiro atoms. The standard InChI is InChI=1S/C24H26Cl2N2O6/c1-15(2)33-22(31)19(26)34-23(32)27(20(29)17-11-13-18(25)14-12-17)28(24(3,4)5)21(30)16-9-7-6-8-10-16/h6-15,19H,1-5H3. The summed E-state index contributed by atoms with van der Waals surface area (Å²) in [5.74, 6) is -2.55. The molecule has 0 aromatic heterocycles. The van der Waals surface area contributed by atoms with Crippen LogP contribution in [0.3, 0.4) is 0 Å². The van der Waals surface area contributed by atoms with Crippen molar-refractivity contribution in [2.75, 3.05) is 0 Å². The quantitative estimate of drug-likeness (QED) is 0.309. The van der Waals surface area contributed by atoms with Gasteiger partial charge in [0.1, 0.15) is 0 Å². The highest BCUT2D eigenvalue weighted by atomic mass is 35.5. The molecule has 0 bridgehead atoms. The number of hydrazine groups is 1. The van der Waals surface area contributed by atoms with Crippen LogP contribution in [-0.2, 0) is 14.3 Å². The van der Waals surface area contributed by atoms with Crippen molar-refractivity contribution >= 4 is 47.1 Å². The number of imide groups is 1. The Labute approximate surface area is 208 Å². The van der Waals surface area contributed by atoms with E-state index in [0.717, 1.165) is 5.01 Å². The van der Waals surface area contributed by atoms with Crippen LogP contribution in [0.1, 0.15) is 55.3 Å². The highest BCUT2D eigenvalue weighted by Gasteiger charge is 2.42. The topological polar surface area (TPSA) is 93.2 Å². The Hall–Kier alpha value is -3.10. The number of benzene rings is 2. The van der Waals surface area contributed by atoms with E-state index < -0.39 is 41.1 Å². The third kappa shape index (κ3) is 6.95. The molecule has 0 heterocycles. The Morgan fingerprint density at radius 3 is 1.85 bits per heavy atom. The van der Waals surface area contributed by atoms with Crippen molar-refractivity contribution in [1.29, 1.82) is 0 Å². The van der Waals surface area contributed by atoms with Gasteiger partial charge in [0, 0.05) is 16.1 Å². The van der Waals surface area contributed by atoms with Gasteiger partial charge in [0.2, 0.25) is 0 Å². The fraction of sp³-hybridized carbons (Fsp3) is 0.333. The van der Waals surface area contributed by atoms with Gasteiger partial charge in [-0.15, -0.1) is 5.01 Å². The number of hydrogen-bond donors (Lipinski definition) is 0. The first kappa shape index (κ1) is 27.1. The lowest BCUT2D eigenvalue weighted by Gasteiger charge is -2.41. The van der Waals surface area contributed by atoms with Crippen LogP contribution in [0.5, 0.6) is 0 Å². The van der Waals surface area contributed by atoms with Crippen LogP contribution in [0.25, 0.3) is 0 Å². The molecule has 0 aliphatic carbocycles. The molecule has 182 valence electrons. The molecule has 2 aromatic rings. The first-order chi connectivity index (χ1) is 15.8. The molecular formula is C24H26Cl2N2O6. The number of amides is 3. The summed E-state index contributed by atoms with van der Waals surface area (Å²) >= 11 is 11.8. The van der Waals surface area contributed by atoms with Crippen molar-refractivity contribution in [3.63, 3.8) is 0 Å². The van der Waals surface area contributed by atoms with Crippen LogP contribution >= 0.6 is 23.2 Å². The number of alkyl halides is 1. The van der Waals surface area contributed by atoms with E-state index in [1.165, 1.54) is 24.3 Å². The van der Waals surface area contributed by atoms with Crippen LogP contribution in [0.4, 0.5) is 4.79 Å². The van der Waals surface area contributed by atoms with Crippen molar-refractivity contribution in [3.8, 4) is 0 Å². The van der Waals surface area contributed by atoms with Gasteiger partial charge in [-0.3, -0.25) is 9.59 Å². The van der Waals surface area contributed by atoms with E-state index >= 15 is 0 Å². The molecule has 0 saturated carbocycles. The minimum absolute atomic E-state index is 0.0485. The normalized spacial score (nSPS) is 12.0. The Morgan fingerprint density at radius 1 is 0.824 bits per heavy atom. The molecule has 3 amide bonds. The predicted molar refractivity (Wildman–Crippen MR) is 127 cm³/mol. The molecule has 0 aliphatic rings. The summed E-state index contributed by atoms with van der Waals surface area (Å²) in [6, 6.07) is 13.8. The Morgan fingerprint density at radius 2 is 1.35 bits per heavy atom. The third-order valence-electron chi connectivity index (χ3n) is 4.25. The molecule has 10 heteroatoms. The Kier molecular flexibility index (Phi) is 9.06. The van der Waals surface area contributed by atoms with Gasteiger partial charge < -0.3 is 9.47 Å². The SMILES string of the molecule is CC(C)OC(=O)C(Cl)OC(=O)N(C(=O)c1ccc(Cl)cc1)N(C(=O)c1ccccc1)C(C)(C)C. The van der Waals surface area contributed by atoms with Crippen LogP contribution in [0, 0.1) is 0 Å². The van der Waals surface area contributed by atoms with E-state index in [2.05, 4.69) is 0 Å². The number of carbonyl (C=O) groups is 4. The fourth-order valence-corrected chi connectivity index (χ4v) is 3.09. The van der Waals surface area contributed by atoms with E-state index in [9.17, 15) is 19.2 Å². The maximum Gasteiger partial charge on any atom is 0.438 e. The fourth-order valence-electron chi connectivity index (χ4n) is 2.84. The number of nitrogens with zero attached hydrogens (tertiary/aromatic N) is 2. The summed E-state index contributed by atoms with van der Waals surface area (Å²) in [5, 5.41) is 1.85. The van der Waals surface area contributed by atoms with Crippen LogP contribution in [0.2, 0.25) is 5.02 Å². The van der Waals surface area contributed by atoms with Crippen molar-refractivity contribution < 1.29 is 28.7 Å². The average Bonchev–Trinajstić information content (AvgIpc) is 2.76. The zero-order valence-electron chi connectivity index (χ0n) is 19.5. The van der Waals surface area contributed by atoms with Gasteiger partial charge in [-0.1, -0.05) is 41.4 Å². The molecule has 1 atom stereocenters. The van der Waals surface area contributed by atoms with Gasteiger partial charge in [0.15, 0.2) is 0 Å². The number of hydrogen-bond acceptors (Lipinski definition) is 6. The predicted octanol–water partition coefficient (Wildman–Crippen LogP) is 5.29. The second kappa shape index (κ2) is 11.4. The number of rotatable bonds is 5. The second-order valence-electron chi connectivity index (χ2n) is 8.46. The lowest BCUT2D eigenvalue weighted by Crippen LogP contribution is -2.60. The van der Waals surface area contributed by atoms with Crippen LogP contribution in [-0.4, -0.2) is 51.1 Å². The van der Waals surface area contributed by atoms with Crippen molar-refractivity contribution in [2.45, 2.75) is 51.8 Å². The summed E-state index contributed by atoms with van der Waals surface area (Å²) in [7, 11) is 0. The van der Waals surface area contributed by atoms with Crippen LogP contribution in [0.15, 0.2) is 54.6 Å². The van der Waals surface area contributed by atoms with E-state index in [-0.39, 0.29) is 11.1 Å². The smallest absolute Gasteiger partial charge is 0.438 e. The largest absolute Gasteiger partial charge is 0.459 e. The van der Waals surface area contributed by atoms with Gasteiger partial charge in [0.25, 0.3) is 17.4 Å². The zero-order valence-corrected chi connectivity index (χ0v) is 21.0. The Bertz CT molecular complexity index is 1040. The average molecular weight is 509 g/mol. The van der Waals surface area contributed by atoms with E-state index in [0.29, 0.717) is 10.0 Å². The van der Waals surface area contributed by atoms with Crippen molar-refractivity contribution in [1.82, 2.24) is 10.0 Å². The maximum atomic E-state index is 13.5. The first-order valence-corrected chi connectivity index (χ1v) is 11.2. The van der Waals surface area contributed by atoms with Gasteiger partial charge in [-0.25, -0.2) is 14.6 Å². The second-order valence-corrected chi connectivity index (χ2v) is 9.30. The number of carbonyl (C=O) groups excluding carboxylic acids is 4. The monoisotopic (exact) mass is 508 g/mol.